The molecule has 0 bridgehead atoms. The average molecular weight is 518 g/mol. The number of aryl methyl sites for hydroxylation is 4. The molecular formula is C27H27N5O2S2. The molecule has 0 aliphatic carbocycles. The molecule has 0 aliphatic rings. The highest BCUT2D eigenvalue weighted by Crippen LogP contribution is 2.35. The lowest BCUT2D eigenvalue weighted by Crippen LogP contribution is -2.15. The van der Waals surface area contributed by atoms with Gasteiger partial charge in [-0.2, -0.15) is 0 Å². The summed E-state index contributed by atoms with van der Waals surface area (Å²) in [7, 11) is 3.63. The van der Waals surface area contributed by atoms with Gasteiger partial charge >= 0.3 is 0 Å². The predicted molar refractivity (Wildman–Crippen MR) is 148 cm³/mol. The number of hydrogen-bond acceptors (Lipinski definition) is 6. The number of carbonyl (C=O) groups excluding carboxylic acids is 1. The van der Waals surface area contributed by atoms with Crippen LogP contribution < -0.4 is 10.1 Å². The number of methoxy groups -OCH3 is 1. The van der Waals surface area contributed by atoms with Crippen LogP contribution in [-0.2, 0) is 11.8 Å². The van der Waals surface area contributed by atoms with Gasteiger partial charge in [-0.25, -0.2) is 0 Å². The Kier molecular flexibility index (Phi) is 6.59. The molecule has 36 heavy (non-hydrogen) atoms. The van der Waals surface area contributed by atoms with Crippen LogP contribution in [0.25, 0.3) is 27.4 Å². The number of nitrogens with one attached hydrogen (secondary N) is 1. The first kappa shape index (κ1) is 24.1. The van der Waals surface area contributed by atoms with Crippen molar-refractivity contribution in [3.63, 3.8) is 0 Å². The normalized spacial score (nSPS) is 11.2. The largest absolute Gasteiger partial charge is 0.495 e. The summed E-state index contributed by atoms with van der Waals surface area (Å²) in [5.74, 6) is 1.42. The summed E-state index contributed by atoms with van der Waals surface area (Å²) in [4.78, 5) is 12.8. The molecule has 0 saturated heterocycles. The molecule has 184 valence electrons. The van der Waals surface area contributed by atoms with E-state index in [0.717, 1.165) is 33.8 Å². The Bertz CT molecular complexity index is 1560. The fraction of sp³-hybridized carbons (Fsp3) is 0.222. The molecule has 9 heteroatoms. The van der Waals surface area contributed by atoms with Crippen molar-refractivity contribution in [3.05, 3.63) is 70.6 Å². The van der Waals surface area contributed by atoms with E-state index >= 15 is 0 Å². The number of rotatable bonds is 7. The number of anilines is 1. The number of thioether (sulfide) groups is 1. The molecule has 0 spiro atoms. The number of benzene rings is 2. The Labute approximate surface area is 218 Å². The highest BCUT2D eigenvalue weighted by atomic mass is 32.2. The second-order valence-corrected chi connectivity index (χ2v) is 10.6. The number of ether oxygens (including phenoxy) is 1. The van der Waals surface area contributed by atoms with Gasteiger partial charge in [-0.1, -0.05) is 41.6 Å². The molecule has 3 heterocycles. The minimum atomic E-state index is -0.141. The third-order valence-corrected chi connectivity index (χ3v) is 7.88. The van der Waals surface area contributed by atoms with Crippen LogP contribution in [0.5, 0.6) is 5.75 Å². The molecule has 0 fully saturated rings. The SMILES string of the molecule is COc1ccccc1NC(=O)CSc1nnc(-c2cc3sccc3n2C)n1-c1c(C)cc(C)cc1C. The smallest absolute Gasteiger partial charge is 0.234 e. The first-order valence-corrected chi connectivity index (χ1v) is 13.4. The minimum absolute atomic E-state index is 0.141. The molecule has 7 nitrogen and oxygen atoms in total. The Hall–Kier alpha value is -3.56. The summed E-state index contributed by atoms with van der Waals surface area (Å²) in [6.45, 7) is 6.30. The molecule has 0 aliphatic heterocycles. The van der Waals surface area contributed by atoms with Gasteiger partial charge < -0.3 is 14.6 Å². The zero-order valence-corrected chi connectivity index (χ0v) is 22.5. The molecule has 0 radical (unpaired) electrons. The standard InChI is InChI=1S/C27H27N5O2S2/c1-16-12-17(2)25(18(3)13-16)32-26(21-14-23-20(31(21)4)10-11-35-23)29-30-27(32)36-15-24(33)28-19-8-6-7-9-22(19)34-5/h6-14H,15H2,1-5H3,(H,28,33). The van der Waals surface area contributed by atoms with E-state index in [1.165, 1.54) is 22.0 Å². The van der Waals surface area contributed by atoms with E-state index in [1.807, 2.05) is 31.3 Å². The maximum Gasteiger partial charge on any atom is 0.234 e. The maximum atomic E-state index is 12.8. The van der Waals surface area contributed by atoms with Gasteiger partial charge in [-0.15, -0.1) is 21.5 Å². The first-order valence-electron chi connectivity index (χ1n) is 11.5. The molecule has 5 aromatic rings. The minimum Gasteiger partial charge on any atom is -0.495 e. The van der Waals surface area contributed by atoms with Gasteiger partial charge in [0.1, 0.15) is 5.75 Å². The van der Waals surface area contributed by atoms with Gasteiger partial charge in [0.15, 0.2) is 11.0 Å². The molecule has 2 aromatic carbocycles. The molecule has 5 rings (SSSR count). The number of nitrogens with zero attached hydrogens (tertiary/aromatic N) is 4. The van der Waals surface area contributed by atoms with Crippen LogP contribution in [0.2, 0.25) is 0 Å². The second-order valence-electron chi connectivity index (χ2n) is 8.68. The van der Waals surface area contributed by atoms with Crippen molar-refractivity contribution in [1.29, 1.82) is 0 Å². The fourth-order valence-corrected chi connectivity index (χ4v) is 6.17. The van der Waals surface area contributed by atoms with Gasteiger partial charge in [0.05, 0.1) is 40.1 Å². The van der Waals surface area contributed by atoms with E-state index in [4.69, 9.17) is 4.74 Å². The number of fused-ring (bicyclic) bond motifs is 1. The van der Waals surface area contributed by atoms with E-state index in [2.05, 4.69) is 75.1 Å². The molecular weight excluding hydrogens is 490 g/mol. The van der Waals surface area contributed by atoms with Crippen molar-refractivity contribution in [1.82, 2.24) is 19.3 Å². The van der Waals surface area contributed by atoms with Gasteiger partial charge in [0.25, 0.3) is 0 Å². The summed E-state index contributed by atoms with van der Waals surface area (Å²) in [6, 6.07) is 16.0. The average Bonchev–Trinajstić information content (AvgIpc) is 3.54. The fourth-order valence-electron chi connectivity index (χ4n) is 4.58. The van der Waals surface area contributed by atoms with Crippen LogP contribution in [0, 0.1) is 20.8 Å². The van der Waals surface area contributed by atoms with Crippen LogP contribution in [0.1, 0.15) is 16.7 Å². The Morgan fingerprint density at radius 2 is 1.83 bits per heavy atom. The van der Waals surface area contributed by atoms with Crippen LogP contribution in [0.3, 0.4) is 0 Å². The Morgan fingerprint density at radius 1 is 1.08 bits per heavy atom. The lowest BCUT2D eigenvalue weighted by Gasteiger charge is -2.17. The third-order valence-electron chi connectivity index (χ3n) is 6.10. The number of amides is 1. The predicted octanol–water partition coefficient (Wildman–Crippen LogP) is 6.15. The monoisotopic (exact) mass is 517 g/mol. The van der Waals surface area contributed by atoms with E-state index in [-0.39, 0.29) is 11.7 Å². The molecule has 0 unspecified atom stereocenters. The van der Waals surface area contributed by atoms with Crippen LogP contribution in [0.4, 0.5) is 5.69 Å². The van der Waals surface area contributed by atoms with E-state index in [9.17, 15) is 4.79 Å². The third kappa shape index (κ3) is 4.40. The van der Waals surface area contributed by atoms with Gasteiger partial charge in [-0.05, 0) is 61.5 Å². The van der Waals surface area contributed by atoms with Crippen LogP contribution in [-0.4, -0.2) is 38.1 Å². The molecule has 3 aromatic heterocycles. The van der Waals surface area contributed by atoms with Crippen molar-refractivity contribution >= 4 is 44.9 Å². The summed E-state index contributed by atoms with van der Waals surface area (Å²) >= 11 is 3.07. The van der Waals surface area contributed by atoms with Crippen LogP contribution >= 0.6 is 23.1 Å². The molecule has 1 amide bonds. The summed E-state index contributed by atoms with van der Waals surface area (Å²) in [6.07, 6.45) is 0. The summed E-state index contributed by atoms with van der Waals surface area (Å²) in [5.41, 5.74) is 7.28. The summed E-state index contributed by atoms with van der Waals surface area (Å²) in [5, 5.41) is 14.9. The number of carbonyl (C=O) groups is 1. The number of hydrogen-bond donors (Lipinski definition) is 1. The van der Waals surface area contributed by atoms with E-state index in [1.54, 1.807) is 18.4 Å². The lowest BCUT2D eigenvalue weighted by molar-refractivity contribution is -0.113. The van der Waals surface area contributed by atoms with Crippen molar-refractivity contribution in [2.24, 2.45) is 7.05 Å². The molecule has 0 atom stereocenters. The maximum absolute atomic E-state index is 12.8. The van der Waals surface area contributed by atoms with Crippen LogP contribution in [0.15, 0.2) is 59.1 Å². The van der Waals surface area contributed by atoms with Gasteiger partial charge in [0, 0.05) is 7.05 Å². The van der Waals surface area contributed by atoms with Crippen molar-refractivity contribution in [2.45, 2.75) is 25.9 Å². The topological polar surface area (TPSA) is 74.0 Å². The number of thiophene rings is 1. The highest BCUT2D eigenvalue weighted by molar-refractivity contribution is 7.99. The molecule has 1 N–H and O–H groups in total. The Balaban J connectivity index is 1.53. The quantitative estimate of drug-likeness (QED) is 0.262. The summed E-state index contributed by atoms with van der Waals surface area (Å²) < 4.78 is 10.8. The number of aromatic nitrogens is 4. The number of para-hydroxylation sites is 2. The second kappa shape index (κ2) is 9.83. The van der Waals surface area contributed by atoms with Crippen molar-refractivity contribution in [3.8, 4) is 23.0 Å². The van der Waals surface area contributed by atoms with Crippen molar-refractivity contribution in [2.75, 3.05) is 18.2 Å². The molecule has 0 saturated carbocycles. The lowest BCUT2D eigenvalue weighted by atomic mass is 10.0. The van der Waals surface area contributed by atoms with Gasteiger partial charge in [-0.3, -0.25) is 9.36 Å². The van der Waals surface area contributed by atoms with E-state index in [0.29, 0.717) is 16.6 Å². The zero-order chi connectivity index (χ0) is 25.4. The zero-order valence-electron chi connectivity index (χ0n) is 20.8. The van der Waals surface area contributed by atoms with Gasteiger partial charge in [0.2, 0.25) is 5.91 Å². The van der Waals surface area contributed by atoms with Crippen molar-refractivity contribution < 1.29 is 9.53 Å². The highest BCUT2D eigenvalue weighted by Gasteiger charge is 2.23. The first-order chi connectivity index (χ1) is 17.4. The van der Waals surface area contributed by atoms with E-state index < -0.39 is 0 Å². The Morgan fingerprint density at radius 3 is 2.56 bits per heavy atom.